The molecule has 19 heavy (non-hydrogen) atoms. The first-order valence-corrected chi connectivity index (χ1v) is 6.88. The van der Waals surface area contributed by atoms with Crippen molar-refractivity contribution >= 4 is 15.7 Å². The minimum Gasteiger partial charge on any atom is -0.612 e. The molecule has 0 saturated heterocycles. The van der Waals surface area contributed by atoms with E-state index in [9.17, 15) is 13.6 Å². The molecule has 1 aromatic heterocycles. The van der Waals surface area contributed by atoms with Crippen LogP contribution in [0.5, 0.6) is 5.75 Å². The van der Waals surface area contributed by atoms with Crippen molar-refractivity contribution < 1.29 is 17.6 Å². The molecule has 1 atom stereocenters. The van der Waals surface area contributed by atoms with Crippen LogP contribution in [-0.4, -0.2) is 20.5 Å². The Kier molecular flexibility index (Phi) is 3.79. The van der Waals surface area contributed by atoms with E-state index >= 15 is 0 Å². The molecular weight excluding hydrogens is 268 g/mol. The summed E-state index contributed by atoms with van der Waals surface area (Å²) < 4.78 is 28.3. The molecule has 0 fully saturated rings. The lowest BCUT2D eigenvalue weighted by atomic mass is 10.3. The van der Waals surface area contributed by atoms with Crippen molar-refractivity contribution in [1.29, 1.82) is 0 Å². The van der Waals surface area contributed by atoms with Gasteiger partial charge in [-0.05, 0) is 18.2 Å². The number of para-hydroxylation sites is 1. The van der Waals surface area contributed by atoms with Crippen LogP contribution in [0.15, 0.2) is 53.7 Å². The molecule has 100 valence electrons. The van der Waals surface area contributed by atoms with Crippen LogP contribution >= 0.6 is 0 Å². The molecule has 0 aliphatic rings. The molecule has 1 aromatic carbocycles. The second-order valence-corrected chi connectivity index (χ2v) is 5.53. The summed E-state index contributed by atoms with van der Waals surface area (Å²) in [7, 11) is -2.73. The highest BCUT2D eigenvalue weighted by molar-refractivity contribution is 7.85. The minimum absolute atomic E-state index is 0.00820. The Balaban J connectivity index is 2.47. The highest BCUT2D eigenvalue weighted by Gasteiger charge is 2.26. The van der Waals surface area contributed by atoms with Gasteiger partial charge in [0.2, 0.25) is 0 Å². The first-order valence-electron chi connectivity index (χ1n) is 5.40. The molecule has 0 spiro atoms. The van der Waals surface area contributed by atoms with Crippen molar-refractivity contribution in [2.45, 2.75) is 4.90 Å². The Morgan fingerprint density at radius 1 is 1.21 bits per heavy atom. The normalized spacial score (nSPS) is 12.9. The Morgan fingerprint density at radius 3 is 2.58 bits per heavy atom. The van der Waals surface area contributed by atoms with Gasteiger partial charge in [-0.25, -0.2) is 4.47 Å². The summed E-state index contributed by atoms with van der Waals surface area (Å²) in [6, 6.07) is 8.97. The van der Waals surface area contributed by atoms with E-state index in [1.54, 1.807) is 12.1 Å². The van der Waals surface area contributed by atoms with Crippen molar-refractivity contribution in [1.82, 2.24) is 4.98 Å². The van der Waals surface area contributed by atoms with Crippen molar-refractivity contribution in [2.75, 3.05) is 7.11 Å². The second kappa shape index (κ2) is 5.35. The number of benzene rings is 1. The van der Waals surface area contributed by atoms with E-state index in [4.69, 9.17) is 4.74 Å². The zero-order valence-electron chi connectivity index (χ0n) is 10.1. The van der Waals surface area contributed by atoms with Gasteiger partial charge in [0.25, 0.3) is 0 Å². The molecule has 0 amide bonds. The van der Waals surface area contributed by atoms with Crippen LogP contribution < -0.4 is 9.21 Å². The highest BCUT2D eigenvalue weighted by Crippen LogP contribution is 2.20. The number of hydrogen-bond acceptors (Lipinski definition) is 5. The van der Waals surface area contributed by atoms with Crippen LogP contribution in [0.2, 0.25) is 0 Å². The molecule has 2 aromatic rings. The van der Waals surface area contributed by atoms with Gasteiger partial charge < -0.3 is 9.94 Å². The molecular formula is C12H12N2O4S. The number of hydrogen-bond donors (Lipinski definition) is 1. The molecule has 2 rings (SSSR count). The molecule has 0 aliphatic carbocycles. The van der Waals surface area contributed by atoms with Crippen molar-refractivity contribution in [2.24, 2.45) is 0 Å². The van der Waals surface area contributed by atoms with E-state index in [1.807, 2.05) is 0 Å². The molecule has 1 heterocycles. The van der Waals surface area contributed by atoms with Gasteiger partial charge >= 0.3 is 10.0 Å². The fourth-order valence-corrected chi connectivity index (χ4v) is 2.70. The Labute approximate surface area is 110 Å². The topological polar surface area (TPSA) is 83.8 Å². The zero-order valence-corrected chi connectivity index (χ0v) is 10.9. The number of nitrogens with zero attached hydrogens (tertiary/aromatic N) is 1. The number of pyridine rings is 1. The molecule has 1 N–H and O–H groups in total. The predicted octanol–water partition coefficient (Wildman–Crippen LogP) is 0.493. The molecule has 7 heteroatoms. The lowest BCUT2D eigenvalue weighted by molar-refractivity contribution is -0.625. The number of aromatic nitrogens is 1. The van der Waals surface area contributed by atoms with Gasteiger partial charge in [-0.1, -0.05) is 12.1 Å². The zero-order chi connectivity index (χ0) is 13.9. The van der Waals surface area contributed by atoms with Crippen molar-refractivity contribution in [3.8, 4) is 5.75 Å². The Bertz CT molecular complexity index is 658. The number of methoxy groups -OCH3 is 1. The summed E-state index contributed by atoms with van der Waals surface area (Å²) in [5.41, 5.74) is 0.00820. The largest absolute Gasteiger partial charge is 0.612 e. The van der Waals surface area contributed by atoms with Gasteiger partial charge in [0.05, 0.1) is 13.3 Å². The van der Waals surface area contributed by atoms with Gasteiger partial charge in [-0.3, -0.25) is 4.98 Å². The smallest absolute Gasteiger partial charge is 0.331 e. The average Bonchev–Trinajstić information content (AvgIpc) is 2.47. The number of rotatable bonds is 4. The van der Waals surface area contributed by atoms with Gasteiger partial charge in [-0.2, -0.15) is 8.42 Å². The summed E-state index contributed by atoms with van der Waals surface area (Å²) in [4.78, 5) is 3.57. The summed E-state index contributed by atoms with van der Waals surface area (Å²) >= 11 is 0. The maximum atomic E-state index is 12.2. The lowest BCUT2D eigenvalue weighted by Gasteiger charge is -2.22. The first-order chi connectivity index (χ1) is 9.07. The second-order valence-electron chi connectivity index (χ2n) is 3.68. The highest BCUT2D eigenvalue weighted by atomic mass is 32.2. The summed E-state index contributed by atoms with van der Waals surface area (Å²) in [6.07, 6.45) is 2.58. The predicted molar refractivity (Wildman–Crippen MR) is 68.4 cm³/mol. The number of quaternary nitrogens is 1. The van der Waals surface area contributed by atoms with Crippen LogP contribution in [0.4, 0.5) is 5.69 Å². The van der Waals surface area contributed by atoms with E-state index in [0.29, 0.717) is 0 Å². The van der Waals surface area contributed by atoms with Gasteiger partial charge in [0.1, 0.15) is 4.90 Å². The van der Waals surface area contributed by atoms with E-state index in [-0.39, 0.29) is 16.3 Å². The van der Waals surface area contributed by atoms with E-state index in [0.717, 1.165) is 6.20 Å². The maximum Gasteiger partial charge on any atom is 0.331 e. The van der Waals surface area contributed by atoms with Crippen LogP contribution in [0, 0.1) is 5.21 Å². The fourth-order valence-electron chi connectivity index (χ4n) is 1.57. The fraction of sp³-hybridized carbons (Fsp3) is 0.0833. The molecule has 6 nitrogen and oxygen atoms in total. The van der Waals surface area contributed by atoms with Gasteiger partial charge in [0, 0.05) is 12.3 Å². The lowest BCUT2D eigenvalue weighted by Crippen LogP contribution is -3.04. The van der Waals surface area contributed by atoms with Gasteiger partial charge in [-0.15, -0.1) is 0 Å². The third kappa shape index (κ3) is 2.58. The summed E-state index contributed by atoms with van der Waals surface area (Å²) in [6.45, 7) is 0. The van der Waals surface area contributed by atoms with E-state index in [1.165, 1.54) is 37.6 Å². The summed E-state index contributed by atoms with van der Waals surface area (Å²) in [5.74, 6) is 0.222. The average molecular weight is 280 g/mol. The Morgan fingerprint density at radius 2 is 1.95 bits per heavy atom. The van der Waals surface area contributed by atoms with Gasteiger partial charge in [0.15, 0.2) is 11.4 Å². The number of nitrogens with one attached hydrogen (secondary N) is 1. The SMILES string of the molecule is COc1ccccc1[NH+]([O-])S(=O)(=O)c1cccnc1. The van der Waals surface area contributed by atoms with Crippen molar-refractivity contribution in [3.63, 3.8) is 0 Å². The third-order valence-electron chi connectivity index (χ3n) is 2.52. The number of ether oxygens (including phenoxy) is 1. The molecule has 1 unspecified atom stereocenters. The maximum absolute atomic E-state index is 12.2. The minimum atomic E-state index is -4.11. The number of sulfonamides is 1. The molecule has 0 saturated carbocycles. The van der Waals surface area contributed by atoms with Crippen molar-refractivity contribution in [3.05, 3.63) is 54.0 Å². The van der Waals surface area contributed by atoms with E-state index in [2.05, 4.69) is 4.98 Å². The Hall–Kier alpha value is -1.96. The van der Waals surface area contributed by atoms with E-state index < -0.39 is 14.5 Å². The third-order valence-corrected chi connectivity index (χ3v) is 4.09. The standard InChI is InChI=1S/C12H12N2O4S/c1-18-12-7-3-2-6-11(12)14(15)19(16,17)10-5-4-8-13-9-10/h2-9,14H,1H3. The quantitative estimate of drug-likeness (QED) is 0.824. The van der Waals surface area contributed by atoms with Crippen LogP contribution in [0.3, 0.4) is 0 Å². The van der Waals surface area contributed by atoms with Crippen LogP contribution in [-0.2, 0) is 10.0 Å². The first kappa shape index (κ1) is 13.5. The van der Waals surface area contributed by atoms with Crippen LogP contribution in [0.25, 0.3) is 0 Å². The molecule has 0 radical (unpaired) electrons. The molecule has 0 bridgehead atoms. The van der Waals surface area contributed by atoms with Crippen LogP contribution in [0.1, 0.15) is 0 Å². The summed E-state index contributed by atoms with van der Waals surface area (Å²) in [5, 5.41) is 12.2. The molecule has 0 aliphatic heterocycles. The monoisotopic (exact) mass is 280 g/mol.